The highest BCUT2D eigenvalue weighted by atomic mass is 19.4. The van der Waals surface area contributed by atoms with Gasteiger partial charge in [0.2, 0.25) is 0 Å². The predicted molar refractivity (Wildman–Crippen MR) is 242 cm³/mol. The fourth-order valence-electron chi connectivity index (χ4n) is 11.7. The second-order valence-corrected chi connectivity index (χ2v) is 20.6. The molecule has 10 rings (SSSR count). The molecule has 1 N–H and O–H groups in total. The monoisotopic (exact) mass is 972 g/mol. The van der Waals surface area contributed by atoms with Crippen molar-refractivity contribution in [3.63, 3.8) is 0 Å². The molecule has 20 heteroatoms. The summed E-state index contributed by atoms with van der Waals surface area (Å²) in [5.74, 6) is 0.633. The number of alkyl halides is 6. The van der Waals surface area contributed by atoms with Crippen molar-refractivity contribution in [3.05, 3.63) is 94.8 Å². The van der Waals surface area contributed by atoms with Crippen LogP contribution in [0.5, 0.6) is 0 Å². The molecule has 6 fully saturated rings. The van der Waals surface area contributed by atoms with E-state index in [-0.39, 0.29) is 40.9 Å². The fraction of sp³-hybridized carbons (Fsp3) is 0.592. The maximum Gasteiger partial charge on any atom is 0.435 e. The Kier molecular flexibility index (Phi) is 12.4. The molecule has 4 aromatic rings. The molecule has 0 radical (unpaired) electrons. The van der Waals surface area contributed by atoms with Gasteiger partial charge in [-0.05, 0) is 145 Å². The van der Waals surface area contributed by atoms with Crippen molar-refractivity contribution in [2.24, 2.45) is 25.9 Å². The van der Waals surface area contributed by atoms with E-state index in [0.717, 1.165) is 58.3 Å². The molecule has 0 bridgehead atoms. The summed E-state index contributed by atoms with van der Waals surface area (Å²) in [7, 11) is 8.72. The second-order valence-electron chi connectivity index (χ2n) is 20.6. The average molecular weight is 973 g/mol. The Morgan fingerprint density at radius 3 is 1.39 bits per heavy atom. The molecule has 69 heavy (non-hydrogen) atoms. The highest BCUT2D eigenvalue weighted by Crippen LogP contribution is 2.52. The number of aryl methyl sites for hydroxylation is 2. The Labute approximate surface area is 396 Å². The standard InChI is InChI=1S/C25H31F4N5O.C24H29F4N5O/c1-31(2)24(18-5-4-6-19(26)13-18)11-9-23(10-12-24)16-33(22(35)34(23)15-17-7-8-17)21-14-20(25(27,28)29)30-32(21)3;1-29-23(17-4-3-5-18(25)12-17)10-8-22(9-11-23)15-32(21(34)33(22)14-16-6-7-16)20-13-19(24(26,27)28)30-31(20)2/h4-6,13-14,17H,7-12,15-16H2,1-3H3;3-5,12-13,16,29H,6-11,14-15H2,1-2H3/t23-,24-;22-,23+. The van der Waals surface area contributed by atoms with Crippen molar-refractivity contribution in [2.45, 2.75) is 112 Å². The zero-order valence-electron chi connectivity index (χ0n) is 39.6. The third-order valence-corrected chi connectivity index (χ3v) is 16.2. The van der Waals surface area contributed by atoms with Gasteiger partial charge in [-0.2, -0.15) is 36.5 Å². The van der Waals surface area contributed by atoms with Crippen LogP contribution >= 0.6 is 0 Å². The van der Waals surface area contributed by atoms with Gasteiger partial charge in [0.15, 0.2) is 11.4 Å². The fourth-order valence-corrected chi connectivity index (χ4v) is 11.7. The summed E-state index contributed by atoms with van der Waals surface area (Å²) in [6.45, 7) is 1.88. The third-order valence-electron chi connectivity index (χ3n) is 16.2. The lowest BCUT2D eigenvalue weighted by molar-refractivity contribution is -0.142. The van der Waals surface area contributed by atoms with Gasteiger partial charge in [-0.3, -0.25) is 24.1 Å². The van der Waals surface area contributed by atoms with E-state index in [4.69, 9.17) is 0 Å². The van der Waals surface area contributed by atoms with Crippen LogP contribution in [0.15, 0.2) is 60.7 Å². The van der Waals surface area contributed by atoms with E-state index in [1.54, 1.807) is 24.3 Å². The van der Waals surface area contributed by atoms with Crippen molar-refractivity contribution in [1.82, 2.24) is 39.6 Å². The number of amides is 4. The predicted octanol–water partition coefficient (Wildman–Crippen LogP) is 9.66. The number of aromatic nitrogens is 4. The second kappa shape index (κ2) is 17.6. The lowest BCUT2D eigenvalue weighted by Gasteiger charge is -2.51. The molecule has 4 saturated carbocycles. The largest absolute Gasteiger partial charge is 0.435 e. The molecule has 0 atom stereocenters. The maximum absolute atomic E-state index is 14.1. The van der Waals surface area contributed by atoms with Crippen LogP contribution in [0.4, 0.5) is 56.3 Å². The molecule has 12 nitrogen and oxygen atoms in total. The van der Waals surface area contributed by atoms with E-state index in [0.29, 0.717) is 89.4 Å². The summed E-state index contributed by atoms with van der Waals surface area (Å²) in [5, 5.41) is 10.6. The molecule has 2 aliphatic heterocycles. The van der Waals surface area contributed by atoms with E-state index >= 15 is 0 Å². The number of rotatable bonds is 10. The van der Waals surface area contributed by atoms with Crippen LogP contribution in [-0.4, -0.2) is 105 Å². The molecular formula is C49H60F8N10O2. The molecule has 374 valence electrons. The van der Waals surface area contributed by atoms with Crippen LogP contribution in [0.25, 0.3) is 0 Å². The van der Waals surface area contributed by atoms with Gasteiger partial charge in [0.1, 0.15) is 23.3 Å². The van der Waals surface area contributed by atoms with Crippen molar-refractivity contribution >= 4 is 23.7 Å². The van der Waals surface area contributed by atoms with Gasteiger partial charge >= 0.3 is 24.4 Å². The Morgan fingerprint density at radius 2 is 1.03 bits per heavy atom. The number of nitrogens with zero attached hydrogens (tertiary/aromatic N) is 9. The number of urea groups is 2. The number of nitrogens with one attached hydrogen (secondary N) is 1. The zero-order valence-corrected chi connectivity index (χ0v) is 39.6. The molecule has 4 aliphatic carbocycles. The van der Waals surface area contributed by atoms with Gasteiger partial charge < -0.3 is 15.1 Å². The number of carbonyl (C=O) groups is 2. The Morgan fingerprint density at radius 1 is 0.623 bits per heavy atom. The van der Waals surface area contributed by atoms with E-state index in [1.165, 1.54) is 36.0 Å². The first kappa shape index (κ1) is 48.8. The SMILES string of the molecule is CN[C@]1(c2cccc(F)c2)CC[C@]2(CC1)CN(c1cc(C(F)(F)F)nn1C)C(=O)N2CC1CC1.Cn1nc(C(F)(F)F)cc1N1C[C@]2(CC[C@@](c3cccc(F)c3)(N(C)C)CC2)N(CC2CC2)C1=O. The summed E-state index contributed by atoms with van der Waals surface area (Å²) >= 11 is 0. The van der Waals surface area contributed by atoms with Gasteiger partial charge in [-0.15, -0.1) is 0 Å². The Balaban J connectivity index is 0.000000172. The molecule has 2 aromatic heterocycles. The molecule has 0 unspecified atom stereocenters. The van der Waals surface area contributed by atoms with Crippen molar-refractivity contribution in [3.8, 4) is 0 Å². The molecule has 6 aliphatic rings. The number of benzene rings is 2. The Hall–Kier alpha value is -5.24. The van der Waals surface area contributed by atoms with Crippen molar-refractivity contribution in [1.29, 1.82) is 0 Å². The molecule has 4 heterocycles. The number of hydrogen-bond donors (Lipinski definition) is 1. The van der Waals surface area contributed by atoms with Gasteiger partial charge in [-0.25, -0.2) is 18.4 Å². The first-order chi connectivity index (χ1) is 32.5. The minimum atomic E-state index is -4.58. The highest BCUT2D eigenvalue weighted by Gasteiger charge is 2.58. The van der Waals surface area contributed by atoms with Crippen LogP contribution in [0.1, 0.15) is 99.6 Å². The molecule has 2 spiro atoms. The van der Waals surface area contributed by atoms with Crippen LogP contribution < -0.4 is 15.1 Å². The van der Waals surface area contributed by atoms with Gasteiger partial charge in [-0.1, -0.05) is 24.3 Å². The molecule has 2 aromatic carbocycles. The van der Waals surface area contributed by atoms with Crippen LogP contribution in [0.2, 0.25) is 0 Å². The van der Waals surface area contributed by atoms with E-state index in [1.807, 2.05) is 43.1 Å². The van der Waals surface area contributed by atoms with E-state index in [9.17, 15) is 44.7 Å². The summed E-state index contributed by atoms with van der Waals surface area (Å²) in [6.07, 6.45) is 0.606. The number of halogens is 8. The minimum absolute atomic E-state index is 0.158. The van der Waals surface area contributed by atoms with Crippen molar-refractivity contribution in [2.75, 3.05) is 57.1 Å². The summed E-state index contributed by atoms with van der Waals surface area (Å²) in [6, 6.07) is 14.7. The lowest BCUT2D eigenvalue weighted by Crippen LogP contribution is -2.55. The minimum Gasteiger partial charge on any atom is -0.317 e. The van der Waals surface area contributed by atoms with Gasteiger partial charge in [0.25, 0.3) is 0 Å². The molecule has 4 amide bonds. The van der Waals surface area contributed by atoms with Crippen LogP contribution in [-0.2, 0) is 37.5 Å². The average Bonchev–Trinajstić information content (AvgIpc) is 4.19. The summed E-state index contributed by atoms with van der Waals surface area (Å²) in [4.78, 5) is 36.1. The molecule has 2 saturated heterocycles. The number of hydrogen-bond acceptors (Lipinski definition) is 6. The number of carbonyl (C=O) groups excluding carboxylic acids is 2. The third kappa shape index (κ3) is 9.08. The van der Waals surface area contributed by atoms with E-state index in [2.05, 4.69) is 20.4 Å². The van der Waals surface area contributed by atoms with Gasteiger partial charge in [0.05, 0.1) is 24.2 Å². The first-order valence-electron chi connectivity index (χ1n) is 23.8. The smallest absolute Gasteiger partial charge is 0.317 e. The zero-order chi connectivity index (χ0) is 49.5. The number of anilines is 2. The maximum atomic E-state index is 14.1. The summed E-state index contributed by atoms with van der Waals surface area (Å²) in [5.41, 5.74) is -1.95. The first-order valence-corrected chi connectivity index (χ1v) is 23.8. The highest BCUT2D eigenvalue weighted by molar-refractivity contribution is 5.95. The van der Waals surface area contributed by atoms with E-state index < -0.39 is 40.4 Å². The normalized spacial score (nSPS) is 27.6. The lowest BCUT2D eigenvalue weighted by atomic mass is 9.68. The van der Waals surface area contributed by atoms with Gasteiger partial charge in [0, 0.05) is 50.4 Å². The topological polar surface area (TPSA) is 98.0 Å². The Bertz CT molecular complexity index is 2550. The molecular weight excluding hydrogens is 913 g/mol. The van der Waals surface area contributed by atoms with Crippen LogP contribution in [0, 0.1) is 23.5 Å². The van der Waals surface area contributed by atoms with Crippen molar-refractivity contribution < 1.29 is 44.7 Å². The quantitative estimate of drug-likeness (QED) is 0.159. The van der Waals surface area contributed by atoms with Crippen LogP contribution in [0.3, 0.4) is 0 Å². The summed E-state index contributed by atoms with van der Waals surface area (Å²) < 4.78 is 110.